The molecule has 0 aromatic carbocycles. The van der Waals surface area contributed by atoms with Crippen LogP contribution in [0.4, 0.5) is 65.9 Å². The van der Waals surface area contributed by atoms with Gasteiger partial charge >= 0.3 is 66.0 Å². The van der Waals surface area contributed by atoms with Crippen LogP contribution < -0.4 is 0 Å². The van der Waals surface area contributed by atoms with Gasteiger partial charge in [-0.05, 0) is 0 Å². The molecule has 0 spiro atoms. The van der Waals surface area contributed by atoms with Crippen molar-refractivity contribution in [2.75, 3.05) is 27.9 Å². The van der Waals surface area contributed by atoms with E-state index in [2.05, 4.69) is 18.9 Å². The second kappa shape index (κ2) is 11.0. The summed E-state index contributed by atoms with van der Waals surface area (Å²) in [6.07, 6.45) is -29.9. The van der Waals surface area contributed by atoms with Gasteiger partial charge in [0.15, 0.2) is 0 Å². The molecule has 0 heterocycles. The van der Waals surface area contributed by atoms with Gasteiger partial charge in [-0.15, -0.1) is 0 Å². The van der Waals surface area contributed by atoms with Crippen LogP contribution in [-0.2, 0) is 42.8 Å². The first-order valence-electron chi connectivity index (χ1n) is 8.70. The summed E-state index contributed by atoms with van der Waals surface area (Å²) in [4.78, 5) is 32.3. The predicted octanol–water partition coefficient (Wildman–Crippen LogP) is 3.50. The fourth-order valence-corrected chi connectivity index (χ4v) is 1.80. The summed E-state index contributed by atoms with van der Waals surface area (Å²) >= 11 is 0. The SMILES string of the molecule is COC(=O)C(F)(F)COC(F)(F)C(F)(OC(F)(F)C(F)(F)C(=O)OC)C(F)(F)OC(F)(F)C(F)(F)C(=O)OC. The number of carbonyl (C=O) groups is 3. The van der Waals surface area contributed by atoms with Gasteiger partial charge in [0.2, 0.25) is 0 Å². The second-order valence-corrected chi connectivity index (χ2v) is 6.48. The van der Waals surface area contributed by atoms with Crippen LogP contribution >= 0.6 is 0 Å². The Kier molecular flexibility index (Phi) is 10.2. The molecule has 0 aliphatic heterocycles. The van der Waals surface area contributed by atoms with Crippen molar-refractivity contribution in [3.8, 4) is 0 Å². The second-order valence-electron chi connectivity index (χ2n) is 6.48. The molecule has 0 amide bonds. The van der Waals surface area contributed by atoms with Gasteiger partial charge in [-0.25, -0.2) is 19.1 Å². The number of esters is 3. The van der Waals surface area contributed by atoms with Crippen molar-refractivity contribution in [1.82, 2.24) is 0 Å². The van der Waals surface area contributed by atoms with Gasteiger partial charge in [-0.2, -0.15) is 65.9 Å². The van der Waals surface area contributed by atoms with Crippen LogP contribution in [-0.4, -0.2) is 93.9 Å². The van der Waals surface area contributed by atoms with Gasteiger partial charge in [0.05, 0.1) is 21.3 Å². The maximum Gasteiger partial charge on any atom is 0.435 e. The zero-order valence-corrected chi connectivity index (χ0v) is 18.6. The Balaban J connectivity index is 7.00. The van der Waals surface area contributed by atoms with Crippen LogP contribution in [0.3, 0.4) is 0 Å². The molecule has 230 valence electrons. The normalized spacial score (nSPS) is 15.8. The average Bonchev–Trinajstić information content (AvgIpc) is 2.79. The van der Waals surface area contributed by atoms with Crippen molar-refractivity contribution in [3.63, 3.8) is 0 Å². The topological polar surface area (TPSA) is 107 Å². The quantitative estimate of drug-likeness (QED) is 0.164. The lowest BCUT2D eigenvalue weighted by Crippen LogP contribution is -2.68. The highest BCUT2D eigenvalue weighted by molar-refractivity contribution is 5.79. The first-order chi connectivity index (χ1) is 17.1. The molecule has 39 heavy (non-hydrogen) atoms. The first-order valence-corrected chi connectivity index (χ1v) is 8.70. The van der Waals surface area contributed by atoms with Crippen molar-refractivity contribution in [2.24, 2.45) is 0 Å². The number of hydrogen-bond acceptors (Lipinski definition) is 9. The van der Waals surface area contributed by atoms with E-state index in [0.29, 0.717) is 0 Å². The molecule has 0 fully saturated rings. The molecule has 0 saturated heterocycles. The predicted molar refractivity (Wildman–Crippen MR) is 82.6 cm³/mol. The molecule has 9 nitrogen and oxygen atoms in total. The van der Waals surface area contributed by atoms with Crippen molar-refractivity contribution in [3.05, 3.63) is 0 Å². The number of carbonyl (C=O) groups excluding carboxylic acids is 3. The number of halogens is 15. The third-order valence-corrected chi connectivity index (χ3v) is 3.81. The molecule has 1 unspecified atom stereocenters. The molecule has 0 aliphatic carbocycles. The molecule has 0 aromatic heterocycles. The fourth-order valence-electron chi connectivity index (χ4n) is 1.80. The molecule has 0 aromatic rings. The number of rotatable bonds is 14. The Morgan fingerprint density at radius 3 is 1.15 bits per heavy atom. The van der Waals surface area contributed by atoms with Gasteiger partial charge < -0.3 is 18.9 Å². The third kappa shape index (κ3) is 6.70. The summed E-state index contributed by atoms with van der Waals surface area (Å²) in [5.41, 5.74) is 0. The molecule has 1 atom stereocenters. The third-order valence-electron chi connectivity index (χ3n) is 3.81. The fraction of sp³-hybridized carbons (Fsp3) is 0.800. The van der Waals surface area contributed by atoms with E-state index in [0.717, 1.165) is 0 Å². The molecular formula is C15H11F15O9. The van der Waals surface area contributed by atoms with Crippen molar-refractivity contribution in [1.29, 1.82) is 0 Å². The van der Waals surface area contributed by atoms with E-state index in [1.807, 2.05) is 4.74 Å². The molecule has 0 saturated carbocycles. The van der Waals surface area contributed by atoms with E-state index in [-0.39, 0.29) is 21.3 Å². The van der Waals surface area contributed by atoms with E-state index in [4.69, 9.17) is 0 Å². The van der Waals surface area contributed by atoms with Gasteiger partial charge in [-0.3, -0.25) is 4.74 Å². The van der Waals surface area contributed by atoms with Crippen molar-refractivity contribution < 1.29 is 109 Å². The lowest BCUT2D eigenvalue weighted by Gasteiger charge is -2.41. The standard InChI is InChI=1S/C15H11F15O9/c1-34-5(31)8(16,17)4-37-14(27,28)11(22,38-12(23,24)9(18,19)6(32)35-2)15(29,30)39-13(25,26)10(20,21)7(33)36-3/h4H2,1-3H3. The van der Waals surface area contributed by atoms with E-state index < -0.39 is 72.6 Å². The van der Waals surface area contributed by atoms with Crippen LogP contribution in [0.15, 0.2) is 0 Å². The van der Waals surface area contributed by atoms with Crippen LogP contribution in [0.5, 0.6) is 0 Å². The highest BCUT2D eigenvalue weighted by Crippen LogP contribution is 2.54. The maximum absolute atomic E-state index is 14.8. The highest BCUT2D eigenvalue weighted by atomic mass is 19.3. The van der Waals surface area contributed by atoms with E-state index in [9.17, 15) is 80.2 Å². The Morgan fingerprint density at radius 1 is 0.487 bits per heavy atom. The van der Waals surface area contributed by atoms with Gasteiger partial charge in [0.25, 0.3) is 0 Å². The van der Waals surface area contributed by atoms with E-state index in [1.54, 1.807) is 4.74 Å². The van der Waals surface area contributed by atoms with E-state index >= 15 is 0 Å². The lowest BCUT2D eigenvalue weighted by molar-refractivity contribution is -0.557. The zero-order chi connectivity index (χ0) is 31.7. The maximum atomic E-state index is 14.8. The highest BCUT2D eigenvalue weighted by Gasteiger charge is 2.84. The summed E-state index contributed by atoms with van der Waals surface area (Å²) in [7, 11) is -0.0985. The monoisotopic (exact) mass is 620 g/mol. The summed E-state index contributed by atoms with van der Waals surface area (Å²) in [5.74, 6) is -36.7. The Morgan fingerprint density at radius 2 is 0.821 bits per heavy atom. The molecule has 0 radical (unpaired) electrons. The van der Waals surface area contributed by atoms with Crippen LogP contribution in [0.1, 0.15) is 0 Å². The minimum absolute atomic E-state index is 0.105. The lowest BCUT2D eigenvalue weighted by atomic mass is 10.2. The van der Waals surface area contributed by atoms with Gasteiger partial charge in [-0.1, -0.05) is 0 Å². The average molecular weight is 620 g/mol. The molecule has 24 heteroatoms. The number of hydrogen-bond donors (Lipinski definition) is 0. The number of ether oxygens (including phenoxy) is 6. The Hall–Kier alpha value is -2.76. The van der Waals surface area contributed by atoms with Crippen LogP contribution in [0.2, 0.25) is 0 Å². The molecule has 0 bridgehead atoms. The minimum atomic E-state index is -7.84. The molecular weight excluding hydrogens is 609 g/mol. The summed E-state index contributed by atoms with van der Waals surface area (Å²) in [6, 6.07) is 0. The molecule has 0 N–H and O–H groups in total. The van der Waals surface area contributed by atoms with Crippen LogP contribution in [0, 0.1) is 0 Å². The van der Waals surface area contributed by atoms with Crippen molar-refractivity contribution in [2.45, 2.75) is 48.1 Å². The van der Waals surface area contributed by atoms with Crippen molar-refractivity contribution >= 4 is 17.9 Å². The van der Waals surface area contributed by atoms with E-state index in [1.165, 1.54) is 0 Å². The number of alkyl halides is 15. The zero-order valence-electron chi connectivity index (χ0n) is 18.6. The largest absolute Gasteiger partial charge is 0.465 e. The molecule has 0 aliphatic rings. The van der Waals surface area contributed by atoms with Crippen LogP contribution in [0.25, 0.3) is 0 Å². The van der Waals surface area contributed by atoms with Gasteiger partial charge in [0.1, 0.15) is 6.61 Å². The molecule has 0 rings (SSSR count). The Bertz CT molecular complexity index is 924. The number of methoxy groups -OCH3 is 3. The summed E-state index contributed by atoms with van der Waals surface area (Å²) < 4.78 is 222. The first kappa shape index (κ1) is 36.2. The van der Waals surface area contributed by atoms with Gasteiger partial charge in [0, 0.05) is 0 Å². The summed E-state index contributed by atoms with van der Waals surface area (Å²) in [6.45, 7) is -3.40. The smallest absolute Gasteiger partial charge is 0.435 e. The summed E-state index contributed by atoms with van der Waals surface area (Å²) in [5, 5.41) is 0. The minimum Gasteiger partial charge on any atom is -0.465 e. The Labute approximate surface area is 203 Å².